The highest BCUT2D eigenvalue weighted by molar-refractivity contribution is 6.27. The third kappa shape index (κ3) is 12.4. The first-order valence-corrected chi connectivity index (χ1v) is 24.5. The molecule has 3 aliphatic rings. The van der Waals surface area contributed by atoms with Crippen LogP contribution in [0.25, 0.3) is 39.3 Å². The molecule has 8 bridgehead atoms. The number of amides is 1. The summed E-state index contributed by atoms with van der Waals surface area (Å²) in [6, 6.07) is 5.93. The van der Waals surface area contributed by atoms with E-state index in [0.29, 0.717) is 41.1 Å². The number of nitrogens with zero attached hydrogens (tertiary/aromatic N) is 3. The van der Waals surface area contributed by atoms with Gasteiger partial charge in [0.15, 0.2) is 24.6 Å². The van der Waals surface area contributed by atoms with E-state index < -0.39 is 85.0 Å². The molecule has 0 aromatic carbocycles. The van der Waals surface area contributed by atoms with Crippen molar-refractivity contribution in [2.45, 2.75) is 137 Å². The minimum atomic E-state index is -1.43. The molecule has 74 heavy (non-hydrogen) atoms. The number of H-pyrrole nitrogens is 2. The third-order valence-corrected chi connectivity index (χ3v) is 13.6. The Morgan fingerprint density at radius 2 is 1.42 bits per heavy atom. The van der Waals surface area contributed by atoms with Gasteiger partial charge in [0.25, 0.3) is 5.91 Å². The van der Waals surface area contributed by atoms with Gasteiger partial charge in [-0.05, 0) is 80.5 Å². The minimum Gasteiger partial charge on any atom is -0.469 e. The molecular weight excluding hydrogens is 959 g/mol. The Bertz CT molecular complexity index is 2920. The Morgan fingerprint density at radius 3 is 2.04 bits per heavy atom. The number of esters is 6. The molecule has 1 fully saturated rings. The predicted molar refractivity (Wildman–Crippen MR) is 271 cm³/mol. The van der Waals surface area contributed by atoms with E-state index in [2.05, 4.69) is 29.5 Å². The number of fused-ring (bicyclic) bond motifs is 8. The molecule has 3 aromatic rings. The number of aromatic amines is 2. The number of rotatable bonds is 18. The highest BCUT2D eigenvalue weighted by Gasteiger charge is 2.53. The van der Waals surface area contributed by atoms with Crippen LogP contribution in [0.5, 0.6) is 0 Å². The average Bonchev–Trinajstić information content (AvgIpc) is 4.03. The molecular formula is C54H67N5O15. The van der Waals surface area contributed by atoms with Crippen LogP contribution in [0.1, 0.15) is 130 Å². The summed E-state index contributed by atoms with van der Waals surface area (Å²) in [6.45, 7) is 18.1. The molecule has 2 N–H and O–H groups in total. The zero-order valence-corrected chi connectivity index (χ0v) is 44.2. The summed E-state index contributed by atoms with van der Waals surface area (Å²) in [5.74, 6) is -5.16. The molecule has 0 spiro atoms. The fourth-order valence-corrected chi connectivity index (χ4v) is 9.80. The lowest BCUT2D eigenvalue weighted by atomic mass is 9.84. The van der Waals surface area contributed by atoms with Crippen LogP contribution in [0.3, 0.4) is 0 Å². The Hall–Kier alpha value is -7.19. The molecule has 6 heterocycles. The first-order chi connectivity index (χ1) is 35.1. The Labute approximate surface area is 429 Å². The molecule has 1 saturated heterocycles. The second-order valence-corrected chi connectivity index (χ2v) is 18.6. The fourth-order valence-electron chi connectivity index (χ4n) is 9.80. The van der Waals surface area contributed by atoms with Crippen LogP contribution in [0, 0.1) is 13.8 Å². The lowest BCUT2D eigenvalue weighted by molar-refractivity contribution is -0.308. The maximum Gasteiger partial charge on any atom is 0.310 e. The van der Waals surface area contributed by atoms with Crippen LogP contribution >= 0.6 is 0 Å². The summed E-state index contributed by atoms with van der Waals surface area (Å²) in [5, 5.41) is 0. The molecule has 20 nitrogen and oxygen atoms in total. The van der Waals surface area contributed by atoms with E-state index >= 15 is 4.79 Å². The topological polar surface area (TPSA) is 254 Å². The Kier molecular flexibility index (Phi) is 18.4. The molecule has 0 saturated carbocycles. The minimum absolute atomic E-state index is 0.0548. The number of nitrogens with one attached hydrogen (secondary N) is 2. The molecule has 0 radical (unpaired) electrons. The lowest BCUT2D eigenvalue weighted by Gasteiger charge is -2.44. The van der Waals surface area contributed by atoms with Gasteiger partial charge in [-0.15, -0.1) is 0 Å². The predicted octanol–water partition coefficient (Wildman–Crippen LogP) is 6.57. The number of likely N-dealkylation sites (N-methyl/N-ethyl adjacent to an activating group) is 1. The summed E-state index contributed by atoms with van der Waals surface area (Å²) >= 11 is 0. The molecule has 0 unspecified atom stereocenters. The second-order valence-electron chi connectivity index (χ2n) is 18.6. The van der Waals surface area contributed by atoms with E-state index in [-0.39, 0.29) is 49.6 Å². The summed E-state index contributed by atoms with van der Waals surface area (Å²) in [4.78, 5) is 109. The van der Waals surface area contributed by atoms with E-state index in [1.165, 1.54) is 26.0 Å². The fraction of sp³-hybridized carbons (Fsp3) is 0.500. The molecule has 6 rings (SSSR count). The molecule has 3 aliphatic heterocycles. The van der Waals surface area contributed by atoms with Crippen molar-refractivity contribution in [3.63, 3.8) is 0 Å². The zero-order valence-electron chi connectivity index (χ0n) is 44.2. The molecule has 1 amide bonds. The number of aromatic nitrogens is 4. The molecule has 7 atom stereocenters. The number of hydrogen-bond donors (Lipinski definition) is 2. The first kappa shape index (κ1) is 56.1. The monoisotopic (exact) mass is 1030 g/mol. The van der Waals surface area contributed by atoms with Crippen LogP contribution < -0.4 is 0 Å². The summed E-state index contributed by atoms with van der Waals surface area (Å²) in [5.41, 5.74) is 10.2. The van der Waals surface area contributed by atoms with Gasteiger partial charge in [0.1, 0.15) is 12.7 Å². The first-order valence-electron chi connectivity index (χ1n) is 24.5. The van der Waals surface area contributed by atoms with Gasteiger partial charge in [0.05, 0.1) is 49.9 Å². The van der Waals surface area contributed by atoms with Gasteiger partial charge < -0.3 is 52.8 Å². The van der Waals surface area contributed by atoms with Crippen molar-refractivity contribution in [3.05, 3.63) is 75.4 Å². The number of aryl methyl sites for hydroxylation is 3. The van der Waals surface area contributed by atoms with Crippen molar-refractivity contribution in [1.29, 1.82) is 0 Å². The van der Waals surface area contributed by atoms with Gasteiger partial charge >= 0.3 is 35.8 Å². The largest absolute Gasteiger partial charge is 0.469 e. The number of methoxy groups -OCH3 is 2. The third-order valence-electron chi connectivity index (χ3n) is 13.6. The van der Waals surface area contributed by atoms with E-state index in [1.54, 1.807) is 14.0 Å². The standard InChI is InChI=1S/C54H67N5O15/c1-14-34-26(3)38-22-40-28(5)36(17-18-45(64)67-12)48(57-40)37(21-46(65)68-13)49-47(29(6)41(58-49)24-43-35(15-2)27(4)39(56-43)23-42(34)55-38)53(66)59(11)19-16-20-69-54-52(73-33(10)63)51(72-32(9)62)50(71-31(8)61)44(74-54)25-70-30(7)60/h14,22-24,28,36,44,50-52,54-56H,1,15-21,25H2,2-13H3/t28-,36-,44+,50+,51-,52+,54+/m0/s1. The van der Waals surface area contributed by atoms with E-state index in [9.17, 15) is 28.8 Å². The van der Waals surface area contributed by atoms with Gasteiger partial charge in [-0.3, -0.25) is 38.5 Å². The van der Waals surface area contributed by atoms with Crippen molar-refractivity contribution in [1.82, 2.24) is 24.8 Å². The quantitative estimate of drug-likeness (QED) is 0.0776. The maximum atomic E-state index is 15.2. The highest BCUT2D eigenvalue weighted by atomic mass is 16.7. The van der Waals surface area contributed by atoms with Crippen molar-refractivity contribution in [3.8, 4) is 0 Å². The van der Waals surface area contributed by atoms with Crippen LogP contribution in [0.2, 0.25) is 0 Å². The maximum absolute atomic E-state index is 15.2. The summed E-state index contributed by atoms with van der Waals surface area (Å²) < 4.78 is 44.3. The van der Waals surface area contributed by atoms with Crippen molar-refractivity contribution < 1.29 is 71.5 Å². The van der Waals surface area contributed by atoms with Crippen molar-refractivity contribution >= 4 is 81.0 Å². The smallest absolute Gasteiger partial charge is 0.310 e. The number of ether oxygens (including phenoxy) is 8. The van der Waals surface area contributed by atoms with Crippen LogP contribution in [-0.4, -0.2) is 138 Å². The number of carbonyl (C=O) groups excluding carboxylic acids is 7. The second kappa shape index (κ2) is 24.2. The number of hydrogen-bond acceptors (Lipinski definition) is 17. The van der Waals surface area contributed by atoms with Gasteiger partial charge in [0.2, 0.25) is 0 Å². The number of allylic oxidation sites excluding steroid dienone is 1. The van der Waals surface area contributed by atoms with E-state index in [1.807, 2.05) is 39.0 Å². The zero-order chi connectivity index (χ0) is 54.3. The molecule has 0 aliphatic carbocycles. The van der Waals surface area contributed by atoms with E-state index in [0.717, 1.165) is 65.1 Å². The van der Waals surface area contributed by atoms with Crippen LogP contribution in [0.15, 0.2) is 24.8 Å². The average molecular weight is 1030 g/mol. The summed E-state index contributed by atoms with van der Waals surface area (Å²) in [7, 11) is 4.21. The van der Waals surface area contributed by atoms with E-state index in [4.69, 9.17) is 47.9 Å². The lowest BCUT2D eigenvalue weighted by Crippen LogP contribution is -2.63. The van der Waals surface area contributed by atoms with Crippen LogP contribution in [-0.2, 0) is 84.3 Å². The normalized spacial score (nSPS) is 20.3. The Morgan fingerprint density at radius 1 is 0.784 bits per heavy atom. The highest BCUT2D eigenvalue weighted by Crippen LogP contribution is 2.44. The molecule has 3 aromatic heterocycles. The van der Waals surface area contributed by atoms with Crippen LogP contribution in [0.4, 0.5) is 0 Å². The molecule has 20 heteroatoms. The van der Waals surface area contributed by atoms with Gasteiger partial charge in [-0.25, -0.2) is 4.98 Å². The Balaban J connectivity index is 1.46. The molecule has 398 valence electrons. The van der Waals surface area contributed by atoms with Crippen molar-refractivity contribution in [2.24, 2.45) is 0 Å². The van der Waals surface area contributed by atoms with Gasteiger partial charge in [-0.2, -0.15) is 0 Å². The summed E-state index contributed by atoms with van der Waals surface area (Å²) in [6.07, 6.45) is -4.12. The SMILES string of the molecule is C=Cc1c(C)c2cc3nc(c(CC(=O)OC)c4nc(cc5[nH]c(cc1[nH]2)c(C)c5CC)C(C)=C4C(=O)N(C)CCCO[C@@H]1O[C@H](COC(C)=O)[C@@H](OC(C)=O)[C@H](OC(C)=O)[C@H]1OC(C)=O)[C@@H](CCC(=O)OC)[C@@H]3C. The number of carbonyl (C=O) groups is 7. The van der Waals surface area contributed by atoms with Gasteiger partial charge in [0, 0.05) is 98.4 Å². The van der Waals surface area contributed by atoms with Gasteiger partial charge in [-0.1, -0.05) is 26.5 Å². The van der Waals surface area contributed by atoms with Crippen molar-refractivity contribution in [2.75, 3.05) is 41.0 Å².